The zero-order valence-corrected chi connectivity index (χ0v) is 14.3. The topological polar surface area (TPSA) is 46.6 Å². The van der Waals surface area contributed by atoms with Gasteiger partial charge in [0.25, 0.3) is 0 Å². The van der Waals surface area contributed by atoms with Gasteiger partial charge in [0.05, 0.1) is 18.3 Å². The SMILES string of the molecule is N=c1c2c(-c3ccccc3)cn(Cc3ccccc3)c2ncn1CCF. The Kier molecular flexibility index (Phi) is 4.35. The van der Waals surface area contributed by atoms with E-state index in [0.717, 1.165) is 27.7 Å². The molecule has 0 fully saturated rings. The van der Waals surface area contributed by atoms with Crippen molar-refractivity contribution in [1.82, 2.24) is 14.1 Å². The number of aryl methyl sites for hydroxylation is 1. The van der Waals surface area contributed by atoms with E-state index in [-0.39, 0.29) is 6.54 Å². The molecule has 0 atom stereocenters. The predicted molar refractivity (Wildman–Crippen MR) is 101 cm³/mol. The lowest BCUT2D eigenvalue weighted by Gasteiger charge is -2.07. The molecule has 130 valence electrons. The van der Waals surface area contributed by atoms with Crippen LogP contribution in [-0.2, 0) is 13.1 Å². The Bertz CT molecular complexity index is 1080. The standard InChI is InChI=1S/C21H19FN4/c22-11-12-25-15-24-21-19(20(25)23)18(17-9-5-2-6-10-17)14-26(21)13-16-7-3-1-4-8-16/h1-10,14-15,23H,11-13H2. The van der Waals surface area contributed by atoms with Crippen molar-refractivity contribution in [3.05, 3.63) is 84.2 Å². The normalized spacial score (nSPS) is 11.1. The average Bonchev–Trinajstić information content (AvgIpc) is 3.05. The van der Waals surface area contributed by atoms with Crippen molar-refractivity contribution in [2.75, 3.05) is 6.67 Å². The van der Waals surface area contributed by atoms with Crippen molar-refractivity contribution in [1.29, 1.82) is 5.41 Å². The Labute approximate surface area is 150 Å². The third kappa shape index (κ3) is 2.92. The maximum absolute atomic E-state index is 12.8. The summed E-state index contributed by atoms with van der Waals surface area (Å²) in [6, 6.07) is 20.1. The molecule has 0 amide bonds. The summed E-state index contributed by atoms with van der Waals surface area (Å²) >= 11 is 0. The number of fused-ring (bicyclic) bond motifs is 1. The van der Waals surface area contributed by atoms with E-state index in [1.165, 1.54) is 0 Å². The smallest absolute Gasteiger partial charge is 0.146 e. The molecule has 0 radical (unpaired) electrons. The first kappa shape index (κ1) is 16.3. The fourth-order valence-electron chi connectivity index (χ4n) is 3.24. The zero-order chi connectivity index (χ0) is 17.9. The first-order valence-corrected chi connectivity index (χ1v) is 8.56. The van der Waals surface area contributed by atoms with Gasteiger partial charge in [-0.1, -0.05) is 60.7 Å². The molecule has 4 nitrogen and oxygen atoms in total. The number of aromatic nitrogens is 3. The van der Waals surface area contributed by atoms with Crippen molar-refractivity contribution < 1.29 is 4.39 Å². The number of benzene rings is 2. The van der Waals surface area contributed by atoms with Crippen LogP contribution in [-0.4, -0.2) is 20.8 Å². The molecule has 0 saturated carbocycles. The van der Waals surface area contributed by atoms with Crippen LogP contribution >= 0.6 is 0 Å². The van der Waals surface area contributed by atoms with Crippen LogP contribution in [0.2, 0.25) is 0 Å². The third-order valence-electron chi connectivity index (χ3n) is 4.50. The highest BCUT2D eigenvalue weighted by molar-refractivity contribution is 5.93. The maximum Gasteiger partial charge on any atom is 0.146 e. The van der Waals surface area contributed by atoms with E-state index in [2.05, 4.69) is 21.7 Å². The van der Waals surface area contributed by atoms with E-state index in [1.54, 1.807) is 10.9 Å². The second kappa shape index (κ2) is 6.96. The minimum Gasteiger partial charge on any atom is -0.327 e. The molecule has 4 aromatic rings. The number of halogens is 1. The van der Waals surface area contributed by atoms with E-state index < -0.39 is 6.67 Å². The molecule has 4 rings (SSSR count). The summed E-state index contributed by atoms with van der Waals surface area (Å²) in [6.07, 6.45) is 3.60. The molecule has 0 saturated heterocycles. The highest BCUT2D eigenvalue weighted by Crippen LogP contribution is 2.27. The minimum absolute atomic E-state index is 0.139. The molecule has 0 aliphatic carbocycles. The molecule has 0 bridgehead atoms. The largest absolute Gasteiger partial charge is 0.327 e. The summed E-state index contributed by atoms with van der Waals surface area (Å²) in [5.74, 6) is 0. The van der Waals surface area contributed by atoms with Crippen molar-refractivity contribution >= 4 is 11.0 Å². The Hall–Kier alpha value is -3.21. The number of nitrogens with zero attached hydrogens (tertiary/aromatic N) is 3. The summed E-state index contributed by atoms with van der Waals surface area (Å²) in [5.41, 5.74) is 4.17. The summed E-state index contributed by atoms with van der Waals surface area (Å²) in [6.45, 7) is 0.290. The van der Waals surface area contributed by atoms with Gasteiger partial charge in [-0.25, -0.2) is 9.37 Å². The average molecular weight is 346 g/mol. The van der Waals surface area contributed by atoms with Gasteiger partial charge in [-0.05, 0) is 11.1 Å². The molecule has 1 N–H and O–H groups in total. The number of hydrogen-bond donors (Lipinski definition) is 1. The Balaban J connectivity index is 1.94. The van der Waals surface area contributed by atoms with Crippen LogP contribution in [0.3, 0.4) is 0 Å². The molecule has 2 heterocycles. The summed E-state index contributed by atoms with van der Waals surface area (Å²) in [7, 11) is 0. The van der Waals surface area contributed by atoms with Crippen molar-refractivity contribution in [2.24, 2.45) is 0 Å². The van der Waals surface area contributed by atoms with Gasteiger partial charge in [0, 0.05) is 18.3 Å². The Morgan fingerprint density at radius 2 is 1.62 bits per heavy atom. The fourth-order valence-corrected chi connectivity index (χ4v) is 3.24. The Morgan fingerprint density at radius 1 is 0.923 bits per heavy atom. The quantitative estimate of drug-likeness (QED) is 0.583. The molecular formula is C21H19FN4. The monoisotopic (exact) mass is 346 g/mol. The lowest BCUT2D eigenvalue weighted by atomic mass is 10.1. The molecule has 2 aromatic carbocycles. The van der Waals surface area contributed by atoms with Crippen LogP contribution in [0.15, 0.2) is 73.2 Å². The van der Waals surface area contributed by atoms with Crippen molar-refractivity contribution in [2.45, 2.75) is 13.1 Å². The first-order chi connectivity index (χ1) is 12.8. The van der Waals surface area contributed by atoms with Crippen molar-refractivity contribution in [3.63, 3.8) is 0 Å². The maximum atomic E-state index is 12.8. The second-order valence-corrected chi connectivity index (χ2v) is 6.20. The van der Waals surface area contributed by atoms with E-state index in [4.69, 9.17) is 5.41 Å². The highest BCUT2D eigenvalue weighted by atomic mass is 19.1. The van der Waals surface area contributed by atoms with Crippen LogP contribution < -0.4 is 5.49 Å². The van der Waals surface area contributed by atoms with Crippen molar-refractivity contribution in [3.8, 4) is 11.1 Å². The lowest BCUT2D eigenvalue weighted by molar-refractivity contribution is 0.436. The Morgan fingerprint density at radius 3 is 2.31 bits per heavy atom. The van der Waals surface area contributed by atoms with E-state index in [0.29, 0.717) is 12.0 Å². The van der Waals surface area contributed by atoms with Crippen LogP contribution in [0.4, 0.5) is 4.39 Å². The molecular weight excluding hydrogens is 327 g/mol. The van der Waals surface area contributed by atoms with Gasteiger partial charge in [0.2, 0.25) is 0 Å². The molecule has 5 heteroatoms. The third-order valence-corrected chi connectivity index (χ3v) is 4.50. The van der Waals surface area contributed by atoms with Crippen LogP contribution in [0.5, 0.6) is 0 Å². The van der Waals surface area contributed by atoms with E-state index >= 15 is 0 Å². The first-order valence-electron chi connectivity index (χ1n) is 8.56. The molecule has 2 aromatic heterocycles. The number of alkyl halides is 1. The van der Waals surface area contributed by atoms with E-state index in [9.17, 15) is 4.39 Å². The van der Waals surface area contributed by atoms with E-state index in [1.807, 2.05) is 54.7 Å². The molecule has 0 aliphatic rings. The van der Waals surface area contributed by atoms with Gasteiger partial charge in [0.15, 0.2) is 0 Å². The van der Waals surface area contributed by atoms with Crippen LogP contribution in [0.1, 0.15) is 5.56 Å². The van der Waals surface area contributed by atoms with Gasteiger partial charge in [-0.3, -0.25) is 5.41 Å². The number of rotatable bonds is 5. The van der Waals surface area contributed by atoms with Gasteiger partial charge in [-0.2, -0.15) is 0 Å². The minimum atomic E-state index is -0.519. The van der Waals surface area contributed by atoms with Gasteiger partial charge in [-0.15, -0.1) is 0 Å². The molecule has 0 aliphatic heterocycles. The lowest BCUT2D eigenvalue weighted by Crippen LogP contribution is -2.22. The predicted octanol–water partition coefficient (Wildman–Crippen LogP) is 4.00. The van der Waals surface area contributed by atoms with Gasteiger partial charge < -0.3 is 9.13 Å². The fraction of sp³-hybridized carbons (Fsp3) is 0.143. The van der Waals surface area contributed by atoms with Gasteiger partial charge in [0.1, 0.15) is 17.8 Å². The number of nitrogens with one attached hydrogen (secondary N) is 1. The zero-order valence-electron chi connectivity index (χ0n) is 14.3. The molecule has 26 heavy (non-hydrogen) atoms. The summed E-state index contributed by atoms with van der Waals surface area (Å²) < 4.78 is 16.5. The van der Waals surface area contributed by atoms with Gasteiger partial charge >= 0.3 is 0 Å². The van der Waals surface area contributed by atoms with Crippen LogP contribution in [0, 0.1) is 5.41 Å². The number of hydrogen-bond acceptors (Lipinski definition) is 2. The van der Waals surface area contributed by atoms with Crippen LogP contribution in [0.25, 0.3) is 22.2 Å². The summed E-state index contributed by atoms with van der Waals surface area (Å²) in [4.78, 5) is 4.54. The highest BCUT2D eigenvalue weighted by Gasteiger charge is 2.15. The molecule has 0 spiro atoms. The summed E-state index contributed by atoms with van der Waals surface area (Å²) in [5, 5.41) is 9.32. The molecule has 0 unspecified atom stereocenters. The second-order valence-electron chi connectivity index (χ2n) is 6.20.